The molecule has 0 aliphatic rings. The van der Waals surface area contributed by atoms with Crippen molar-refractivity contribution in [2.45, 2.75) is 32.7 Å². The van der Waals surface area contributed by atoms with E-state index >= 15 is 0 Å². The number of hydrogen-bond donors (Lipinski definition) is 0. The number of methoxy groups -OCH3 is 1. The van der Waals surface area contributed by atoms with Crippen LogP contribution in [0.2, 0.25) is 0 Å². The van der Waals surface area contributed by atoms with Gasteiger partial charge in [-0.1, -0.05) is 42.4 Å². The lowest BCUT2D eigenvalue weighted by atomic mass is 10.1. The molecule has 0 aliphatic carbocycles. The molecule has 0 N–H and O–H groups in total. The number of aromatic nitrogens is 2. The van der Waals surface area contributed by atoms with Crippen molar-refractivity contribution in [3.05, 3.63) is 66.1 Å². The van der Waals surface area contributed by atoms with Crippen molar-refractivity contribution in [2.24, 2.45) is 0 Å². The van der Waals surface area contributed by atoms with E-state index in [9.17, 15) is 4.79 Å². The SMILES string of the molecule is CC[C@H](C)N(CCc1nc(-c2cccc(OC)c2)no1)C(=O)c1ccccc1. The number of hydrogen-bond acceptors (Lipinski definition) is 5. The van der Waals surface area contributed by atoms with Crippen LogP contribution >= 0.6 is 0 Å². The highest BCUT2D eigenvalue weighted by molar-refractivity contribution is 5.94. The van der Waals surface area contributed by atoms with E-state index in [1.54, 1.807) is 7.11 Å². The molecule has 6 nitrogen and oxygen atoms in total. The van der Waals surface area contributed by atoms with Gasteiger partial charge in [0.15, 0.2) is 0 Å². The first kappa shape index (κ1) is 19.6. The van der Waals surface area contributed by atoms with E-state index < -0.39 is 0 Å². The molecule has 1 amide bonds. The first-order valence-corrected chi connectivity index (χ1v) is 9.45. The second kappa shape index (κ2) is 9.17. The summed E-state index contributed by atoms with van der Waals surface area (Å²) in [5.74, 6) is 1.77. The predicted molar refractivity (Wildman–Crippen MR) is 107 cm³/mol. The predicted octanol–water partition coefficient (Wildman–Crippen LogP) is 4.23. The average molecular weight is 379 g/mol. The second-order valence-electron chi connectivity index (χ2n) is 6.62. The molecule has 3 aromatic rings. The molecule has 0 saturated carbocycles. The first-order chi connectivity index (χ1) is 13.6. The molecule has 1 atom stereocenters. The Kier molecular flexibility index (Phi) is 6.42. The van der Waals surface area contributed by atoms with Gasteiger partial charge < -0.3 is 14.2 Å². The van der Waals surface area contributed by atoms with Crippen molar-refractivity contribution >= 4 is 5.91 Å². The monoisotopic (exact) mass is 379 g/mol. The third kappa shape index (κ3) is 4.57. The quantitative estimate of drug-likeness (QED) is 0.586. The minimum Gasteiger partial charge on any atom is -0.497 e. The number of carbonyl (C=O) groups excluding carboxylic acids is 1. The molecule has 2 aromatic carbocycles. The van der Waals surface area contributed by atoms with Gasteiger partial charge in [-0.3, -0.25) is 4.79 Å². The van der Waals surface area contributed by atoms with Crippen LogP contribution in [0.3, 0.4) is 0 Å². The highest BCUT2D eigenvalue weighted by atomic mass is 16.5. The van der Waals surface area contributed by atoms with Crippen LogP contribution in [-0.4, -0.2) is 40.6 Å². The molecule has 1 heterocycles. The Balaban J connectivity index is 1.71. The summed E-state index contributed by atoms with van der Waals surface area (Å²) in [5, 5.41) is 4.06. The zero-order chi connectivity index (χ0) is 19.9. The van der Waals surface area contributed by atoms with Gasteiger partial charge in [-0.2, -0.15) is 4.98 Å². The minimum absolute atomic E-state index is 0.0162. The highest BCUT2D eigenvalue weighted by Gasteiger charge is 2.21. The Morgan fingerprint density at radius 1 is 1.18 bits per heavy atom. The standard InChI is InChI=1S/C22H25N3O3/c1-4-16(2)25(22(26)17-9-6-5-7-10-17)14-13-20-23-21(24-28-20)18-11-8-12-19(15-18)27-3/h5-12,15-16H,4,13-14H2,1-3H3/t16-/m0/s1. The highest BCUT2D eigenvalue weighted by Crippen LogP contribution is 2.21. The molecule has 28 heavy (non-hydrogen) atoms. The van der Waals surface area contributed by atoms with Crippen LogP contribution in [0.4, 0.5) is 0 Å². The van der Waals surface area contributed by atoms with Crippen molar-refractivity contribution in [3.8, 4) is 17.1 Å². The Morgan fingerprint density at radius 3 is 2.68 bits per heavy atom. The molecular formula is C22H25N3O3. The summed E-state index contributed by atoms with van der Waals surface area (Å²) >= 11 is 0. The zero-order valence-corrected chi connectivity index (χ0v) is 16.5. The van der Waals surface area contributed by atoms with Crippen molar-refractivity contribution in [2.75, 3.05) is 13.7 Å². The third-order valence-corrected chi connectivity index (χ3v) is 4.77. The maximum Gasteiger partial charge on any atom is 0.254 e. The normalized spacial score (nSPS) is 11.8. The largest absolute Gasteiger partial charge is 0.497 e. The van der Waals surface area contributed by atoms with Gasteiger partial charge in [-0.05, 0) is 37.6 Å². The summed E-state index contributed by atoms with van der Waals surface area (Å²) in [4.78, 5) is 19.2. The average Bonchev–Trinajstić information content (AvgIpc) is 3.23. The van der Waals surface area contributed by atoms with Gasteiger partial charge in [0.1, 0.15) is 5.75 Å². The van der Waals surface area contributed by atoms with E-state index in [0.717, 1.165) is 17.7 Å². The molecule has 146 valence electrons. The van der Waals surface area contributed by atoms with E-state index in [4.69, 9.17) is 9.26 Å². The van der Waals surface area contributed by atoms with E-state index in [1.165, 1.54) is 0 Å². The van der Waals surface area contributed by atoms with Crippen molar-refractivity contribution in [1.29, 1.82) is 0 Å². The lowest BCUT2D eigenvalue weighted by Crippen LogP contribution is -2.39. The smallest absolute Gasteiger partial charge is 0.254 e. The Hall–Kier alpha value is -3.15. The summed E-state index contributed by atoms with van der Waals surface area (Å²) in [6.07, 6.45) is 1.37. The van der Waals surface area contributed by atoms with Gasteiger partial charge in [-0.25, -0.2) is 0 Å². The maximum absolute atomic E-state index is 12.9. The van der Waals surface area contributed by atoms with Crippen LogP contribution in [0.5, 0.6) is 5.75 Å². The van der Waals surface area contributed by atoms with E-state index in [-0.39, 0.29) is 11.9 Å². The van der Waals surface area contributed by atoms with Crippen LogP contribution in [0.1, 0.15) is 36.5 Å². The lowest BCUT2D eigenvalue weighted by molar-refractivity contribution is 0.0686. The van der Waals surface area contributed by atoms with Gasteiger partial charge in [-0.15, -0.1) is 0 Å². The lowest BCUT2D eigenvalue weighted by Gasteiger charge is -2.28. The first-order valence-electron chi connectivity index (χ1n) is 9.45. The van der Waals surface area contributed by atoms with Crippen LogP contribution in [0.25, 0.3) is 11.4 Å². The summed E-state index contributed by atoms with van der Waals surface area (Å²) in [6.45, 7) is 4.64. The van der Waals surface area contributed by atoms with E-state index in [1.807, 2.05) is 59.5 Å². The van der Waals surface area contributed by atoms with Crippen LogP contribution in [0, 0.1) is 0 Å². The van der Waals surface area contributed by atoms with Gasteiger partial charge in [0.2, 0.25) is 11.7 Å². The fourth-order valence-corrected chi connectivity index (χ4v) is 2.94. The molecule has 0 bridgehead atoms. The fourth-order valence-electron chi connectivity index (χ4n) is 2.94. The number of rotatable bonds is 8. The van der Waals surface area contributed by atoms with Gasteiger partial charge in [0.25, 0.3) is 5.91 Å². The molecule has 6 heteroatoms. The van der Waals surface area contributed by atoms with Gasteiger partial charge in [0, 0.05) is 30.1 Å². The molecule has 0 unspecified atom stereocenters. The fraction of sp³-hybridized carbons (Fsp3) is 0.318. The van der Waals surface area contributed by atoms with Crippen molar-refractivity contribution in [3.63, 3.8) is 0 Å². The van der Waals surface area contributed by atoms with E-state index in [2.05, 4.69) is 24.0 Å². The molecule has 0 aliphatic heterocycles. The summed E-state index contributed by atoms with van der Waals surface area (Å²) in [7, 11) is 1.62. The van der Waals surface area contributed by atoms with Crippen molar-refractivity contribution < 1.29 is 14.1 Å². The van der Waals surface area contributed by atoms with Crippen molar-refractivity contribution in [1.82, 2.24) is 15.0 Å². The number of carbonyl (C=O) groups is 1. The second-order valence-corrected chi connectivity index (χ2v) is 6.62. The van der Waals surface area contributed by atoms with Crippen LogP contribution in [-0.2, 0) is 6.42 Å². The molecule has 0 fully saturated rings. The summed E-state index contributed by atoms with van der Waals surface area (Å²) in [6, 6.07) is 17.0. The van der Waals surface area contributed by atoms with E-state index in [0.29, 0.717) is 30.2 Å². The Bertz CT molecular complexity index is 908. The zero-order valence-electron chi connectivity index (χ0n) is 16.5. The Labute approximate surface area is 165 Å². The minimum atomic E-state index is 0.0162. The molecule has 0 radical (unpaired) electrons. The van der Waals surface area contributed by atoms with Crippen LogP contribution < -0.4 is 4.74 Å². The topological polar surface area (TPSA) is 68.5 Å². The van der Waals surface area contributed by atoms with Crippen LogP contribution in [0.15, 0.2) is 59.1 Å². The molecule has 0 spiro atoms. The number of amides is 1. The molecule has 1 aromatic heterocycles. The third-order valence-electron chi connectivity index (χ3n) is 4.77. The number of ether oxygens (including phenoxy) is 1. The number of nitrogens with zero attached hydrogens (tertiary/aromatic N) is 3. The molecule has 3 rings (SSSR count). The molecular weight excluding hydrogens is 354 g/mol. The summed E-state index contributed by atoms with van der Waals surface area (Å²) in [5.41, 5.74) is 1.51. The van der Waals surface area contributed by atoms with Gasteiger partial charge in [0.05, 0.1) is 7.11 Å². The maximum atomic E-state index is 12.9. The summed E-state index contributed by atoms with van der Waals surface area (Å²) < 4.78 is 10.6. The van der Waals surface area contributed by atoms with Gasteiger partial charge >= 0.3 is 0 Å². The molecule has 0 saturated heterocycles. The Morgan fingerprint density at radius 2 is 1.96 bits per heavy atom. The number of benzene rings is 2.